The SMILES string of the molecule is CC1CC=Cc2ccc(-c3cccc(-c4cc(-c5ccc(-c6cccnc6)cc5)nc(-c5cccc(-c6cc7ccccc7c7ccccc67)c5)n4)c3)cc21. The van der Waals surface area contributed by atoms with Crippen LogP contribution in [0.1, 0.15) is 30.4 Å². The molecule has 0 saturated carbocycles. The van der Waals surface area contributed by atoms with Crippen LogP contribution in [0.25, 0.3) is 94.9 Å². The fourth-order valence-electron chi connectivity index (χ4n) is 8.08. The molecular formula is C52H37N3. The number of rotatable bonds is 6. The summed E-state index contributed by atoms with van der Waals surface area (Å²) >= 11 is 0. The van der Waals surface area contributed by atoms with Crippen LogP contribution in [0.4, 0.5) is 0 Å². The highest BCUT2D eigenvalue weighted by Gasteiger charge is 2.16. The Hall–Kier alpha value is -6.97. The van der Waals surface area contributed by atoms with Crippen LogP contribution >= 0.6 is 0 Å². The summed E-state index contributed by atoms with van der Waals surface area (Å²) in [6.07, 6.45) is 9.31. The van der Waals surface area contributed by atoms with Crippen LogP contribution in [-0.4, -0.2) is 15.0 Å². The van der Waals surface area contributed by atoms with E-state index in [1.54, 1.807) is 6.20 Å². The molecule has 3 nitrogen and oxygen atoms in total. The van der Waals surface area contributed by atoms with Gasteiger partial charge in [0.1, 0.15) is 0 Å². The van der Waals surface area contributed by atoms with Gasteiger partial charge >= 0.3 is 0 Å². The van der Waals surface area contributed by atoms with Gasteiger partial charge in [-0.2, -0.15) is 0 Å². The molecule has 10 rings (SSSR count). The smallest absolute Gasteiger partial charge is 0.160 e. The van der Waals surface area contributed by atoms with Crippen LogP contribution < -0.4 is 0 Å². The van der Waals surface area contributed by atoms with Crippen LogP contribution in [0.2, 0.25) is 0 Å². The minimum atomic E-state index is 0.503. The van der Waals surface area contributed by atoms with Crippen LogP contribution in [0.15, 0.2) is 182 Å². The second-order valence-corrected chi connectivity index (χ2v) is 14.5. The summed E-state index contributed by atoms with van der Waals surface area (Å²) in [7, 11) is 0. The monoisotopic (exact) mass is 703 g/mol. The van der Waals surface area contributed by atoms with Crippen molar-refractivity contribution in [3.8, 4) is 67.3 Å². The molecule has 0 spiro atoms. The van der Waals surface area contributed by atoms with E-state index < -0.39 is 0 Å². The second kappa shape index (κ2) is 13.8. The lowest BCUT2D eigenvalue weighted by Gasteiger charge is -2.19. The Bertz CT molecular complexity index is 2910. The minimum absolute atomic E-state index is 0.503. The van der Waals surface area contributed by atoms with E-state index in [1.807, 2.05) is 12.3 Å². The molecule has 7 aromatic carbocycles. The zero-order valence-electron chi connectivity index (χ0n) is 30.5. The van der Waals surface area contributed by atoms with E-state index in [4.69, 9.17) is 9.97 Å². The molecular weight excluding hydrogens is 667 g/mol. The molecule has 1 unspecified atom stereocenters. The Morgan fingerprint density at radius 1 is 0.473 bits per heavy atom. The van der Waals surface area contributed by atoms with Gasteiger partial charge in [-0.15, -0.1) is 0 Å². The molecule has 0 aliphatic heterocycles. The lowest BCUT2D eigenvalue weighted by Crippen LogP contribution is -2.00. The zero-order chi connectivity index (χ0) is 36.7. The van der Waals surface area contributed by atoms with Crippen molar-refractivity contribution in [3.63, 3.8) is 0 Å². The summed E-state index contributed by atoms with van der Waals surface area (Å²) in [4.78, 5) is 14.9. The summed E-state index contributed by atoms with van der Waals surface area (Å²) in [5.41, 5.74) is 14.5. The Morgan fingerprint density at radius 2 is 1.13 bits per heavy atom. The second-order valence-electron chi connectivity index (χ2n) is 14.5. The van der Waals surface area contributed by atoms with Crippen molar-refractivity contribution >= 4 is 27.6 Å². The fraction of sp³-hybridized carbons (Fsp3) is 0.0577. The summed E-state index contributed by atoms with van der Waals surface area (Å²) in [6.45, 7) is 2.31. The number of benzene rings is 7. The molecule has 9 aromatic rings. The number of aromatic nitrogens is 3. The molecule has 1 atom stereocenters. The molecule has 1 aliphatic rings. The molecule has 0 bridgehead atoms. The number of allylic oxidation sites excluding steroid dienone is 1. The number of nitrogens with zero attached hydrogens (tertiary/aromatic N) is 3. The third-order valence-electron chi connectivity index (χ3n) is 11.0. The minimum Gasteiger partial charge on any atom is -0.264 e. The van der Waals surface area contributed by atoms with E-state index in [0.717, 1.165) is 51.2 Å². The van der Waals surface area contributed by atoms with Gasteiger partial charge in [0.05, 0.1) is 11.4 Å². The first-order chi connectivity index (χ1) is 27.1. The molecule has 0 N–H and O–H groups in total. The first-order valence-corrected chi connectivity index (χ1v) is 19.0. The van der Waals surface area contributed by atoms with Gasteiger partial charge < -0.3 is 0 Å². The summed E-state index contributed by atoms with van der Waals surface area (Å²) in [6, 6.07) is 58.7. The van der Waals surface area contributed by atoms with Gasteiger partial charge in [0.15, 0.2) is 5.82 Å². The molecule has 0 radical (unpaired) electrons. The van der Waals surface area contributed by atoms with Gasteiger partial charge in [0.25, 0.3) is 0 Å². The quantitative estimate of drug-likeness (QED) is 0.162. The first kappa shape index (κ1) is 32.7. The summed E-state index contributed by atoms with van der Waals surface area (Å²) < 4.78 is 0. The third kappa shape index (κ3) is 6.20. The number of pyridine rings is 1. The van der Waals surface area contributed by atoms with E-state index in [-0.39, 0.29) is 0 Å². The Labute approximate surface area is 321 Å². The molecule has 0 amide bonds. The maximum absolute atomic E-state index is 5.30. The molecule has 0 fully saturated rings. The van der Waals surface area contributed by atoms with Gasteiger partial charge in [0, 0.05) is 29.1 Å². The summed E-state index contributed by atoms with van der Waals surface area (Å²) in [5.74, 6) is 1.19. The van der Waals surface area contributed by atoms with E-state index in [1.165, 1.54) is 49.4 Å². The average Bonchev–Trinajstić information content (AvgIpc) is 3.26. The van der Waals surface area contributed by atoms with Crippen molar-refractivity contribution in [2.24, 2.45) is 0 Å². The van der Waals surface area contributed by atoms with Crippen molar-refractivity contribution in [3.05, 3.63) is 193 Å². The molecule has 2 aromatic heterocycles. The van der Waals surface area contributed by atoms with Crippen molar-refractivity contribution < 1.29 is 0 Å². The van der Waals surface area contributed by atoms with Crippen LogP contribution in [0.5, 0.6) is 0 Å². The lowest BCUT2D eigenvalue weighted by molar-refractivity contribution is 0.772. The van der Waals surface area contributed by atoms with Crippen molar-refractivity contribution in [2.75, 3.05) is 0 Å². The number of hydrogen-bond donors (Lipinski definition) is 0. The first-order valence-electron chi connectivity index (χ1n) is 19.0. The third-order valence-corrected chi connectivity index (χ3v) is 11.0. The van der Waals surface area contributed by atoms with Gasteiger partial charge in [-0.25, -0.2) is 9.97 Å². The topological polar surface area (TPSA) is 38.7 Å². The predicted molar refractivity (Wildman–Crippen MR) is 230 cm³/mol. The van der Waals surface area contributed by atoms with Gasteiger partial charge in [-0.3, -0.25) is 4.98 Å². The molecule has 55 heavy (non-hydrogen) atoms. The van der Waals surface area contributed by atoms with E-state index in [9.17, 15) is 0 Å². The molecule has 1 aliphatic carbocycles. The molecule has 3 heteroatoms. The van der Waals surface area contributed by atoms with Crippen molar-refractivity contribution in [1.29, 1.82) is 0 Å². The normalized spacial score (nSPS) is 13.6. The highest BCUT2D eigenvalue weighted by molar-refractivity contribution is 6.13. The van der Waals surface area contributed by atoms with Gasteiger partial charge in [-0.05, 0) is 109 Å². The molecule has 260 valence electrons. The highest BCUT2D eigenvalue weighted by atomic mass is 14.9. The number of fused-ring (bicyclic) bond motifs is 4. The van der Waals surface area contributed by atoms with E-state index in [0.29, 0.717) is 11.7 Å². The fourth-order valence-corrected chi connectivity index (χ4v) is 8.08. The maximum Gasteiger partial charge on any atom is 0.160 e. The van der Waals surface area contributed by atoms with Crippen molar-refractivity contribution in [1.82, 2.24) is 15.0 Å². The molecule has 0 saturated heterocycles. The summed E-state index contributed by atoms with van der Waals surface area (Å²) in [5, 5.41) is 4.96. The molecule has 2 heterocycles. The van der Waals surface area contributed by atoms with Gasteiger partial charge in [0.2, 0.25) is 0 Å². The Balaban J connectivity index is 1.11. The zero-order valence-corrected chi connectivity index (χ0v) is 30.5. The highest BCUT2D eigenvalue weighted by Crippen LogP contribution is 2.38. The number of hydrogen-bond acceptors (Lipinski definition) is 3. The van der Waals surface area contributed by atoms with E-state index >= 15 is 0 Å². The van der Waals surface area contributed by atoms with E-state index in [2.05, 4.69) is 182 Å². The Morgan fingerprint density at radius 3 is 1.96 bits per heavy atom. The van der Waals surface area contributed by atoms with Crippen LogP contribution in [0, 0.1) is 0 Å². The standard InChI is InChI=1S/C52H37N3/c1-34-10-6-12-36-23-26-39(30-48(34)36)38-13-7-15-42(28-38)51-32-50(37-24-21-35(22-25-37)44-17-9-27-53-33-44)54-52(55-51)43-16-8-14-40(29-43)49-31-41-11-2-3-18-45(41)46-19-4-5-20-47(46)49/h2-9,11-34H,10H2,1H3. The van der Waals surface area contributed by atoms with Crippen LogP contribution in [0.3, 0.4) is 0 Å². The van der Waals surface area contributed by atoms with Gasteiger partial charge in [-0.1, -0.05) is 153 Å². The van der Waals surface area contributed by atoms with Crippen molar-refractivity contribution in [2.45, 2.75) is 19.3 Å². The predicted octanol–water partition coefficient (Wildman–Crippen LogP) is 13.7. The Kier molecular flexibility index (Phi) is 8.18. The largest absolute Gasteiger partial charge is 0.264 e. The van der Waals surface area contributed by atoms with Crippen LogP contribution in [-0.2, 0) is 0 Å². The average molecular weight is 704 g/mol. The lowest BCUT2D eigenvalue weighted by atomic mass is 9.86. The maximum atomic E-state index is 5.30.